The monoisotopic (exact) mass is 1640 g/mol. The van der Waals surface area contributed by atoms with E-state index in [2.05, 4.69) is 435 Å². The van der Waals surface area contributed by atoms with E-state index in [1.165, 1.54) is 166 Å². The zero-order valence-electron chi connectivity index (χ0n) is 67.9. The second kappa shape index (κ2) is 25.2. The quantitative estimate of drug-likeness (QED) is 0.161. The fourth-order valence-electron chi connectivity index (χ4n) is 21.7. The summed E-state index contributed by atoms with van der Waals surface area (Å²) in [6, 6.07) is 111. The van der Waals surface area contributed by atoms with Crippen LogP contribution in [0.5, 0.6) is 0 Å². The second-order valence-electron chi connectivity index (χ2n) is 33.1. The van der Waals surface area contributed by atoms with Crippen molar-refractivity contribution in [3.63, 3.8) is 0 Å². The van der Waals surface area contributed by atoms with Crippen LogP contribution in [-0.2, 0) is 14.1 Å². The number of hydrogen-bond acceptors (Lipinski definition) is 4. The van der Waals surface area contributed by atoms with Crippen molar-refractivity contribution in [3.05, 3.63) is 357 Å². The number of aromatic nitrogens is 17. The molecule has 0 atom stereocenters. The van der Waals surface area contributed by atoms with E-state index in [-0.39, 0.29) is 31.4 Å². The van der Waals surface area contributed by atoms with Crippen molar-refractivity contribution in [1.29, 1.82) is 0 Å². The van der Waals surface area contributed by atoms with Gasteiger partial charge < -0.3 is 8.83 Å². The van der Waals surface area contributed by atoms with Gasteiger partial charge in [-0.1, -0.05) is 144 Å². The number of fused-ring (bicyclic) bond motifs is 38. The van der Waals surface area contributed by atoms with E-state index in [1.54, 1.807) is 12.5 Å². The lowest BCUT2D eigenvalue weighted by Gasteiger charge is -2.08. The molecule has 0 N–H and O–H groups in total. The smallest absolute Gasteiger partial charge is 0.401 e. The largest absolute Gasteiger partial charge is 0.561 e. The van der Waals surface area contributed by atoms with E-state index >= 15 is 0 Å². The van der Waals surface area contributed by atoms with Gasteiger partial charge in [-0.3, -0.25) is 0 Å². The molecule has 10 aliphatic heterocycles. The second-order valence-corrected chi connectivity index (χ2v) is 35.2. The summed E-state index contributed by atoms with van der Waals surface area (Å²) < 4.78 is 55.0. The number of aryl methyl sites for hydroxylation is 6. The van der Waals surface area contributed by atoms with Gasteiger partial charge in [0.05, 0.1) is 14.1 Å². The van der Waals surface area contributed by atoms with Crippen molar-refractivity contribution in [3.8, 4) is 136 Å². The maximum Gasteiger partial charge on any atom is 0.561 e. The average Bonchev–Trinajstić information content (AvgIpc) is 1.50. The van der Waals surface area contributed by atoms with Gasteiger partial charge in [0.25, 0.3) is 45.6 Å². The van der Waals surface area contributed by atoms with E-state index in [1.807, 2.05) is 28.7 Å². The third kappa shape index (κ3) is 9.01. The van der Waals surface area contributed by atoms with Gasteiger partial charge in [0, 0.05) is 146 Å². The highest BCUT2D eigenvalue weighted by Crippen LogP contribution is 2.44. The van der Waals surface area contributed by atoms with Gasteiger partial charge in [-0.15, -0.1) is 9.13 Å². The lowest BCUT2D eigenvalue weighted by molar-refractivity contribution is -1.08. The molecule has 0 unspecified atom stereocenters. The number of nitrogens with zero attached hydrogens (tertiary/aromatic N) is 17. The van der Waals surface area contributed by atoms with Crippen molar-refractivity contribution in [2.24, 2.45) is 14.1 Å². The highest BCUT2D eigenvalue weighted by Gasteiger charge is 2.68. The van der Waals surface area contributed by atoms with Crippen LogP contribution in [0, 0.1) is 27.7 Å². The molecule has 0 aliphatic carbocycles. The summed E-state index contributed by atoms with van der Waals surface area (Å²) in [5.74, 6) is 4.33. The molecule has 0 bridgehead atoms. The van der Waals surface area contributed by atoms with Crippen molar-refractivity contribution >= 4 is 65.2 Å². The Labute approximate surface area is 712 Å². The van der Waals surface area contributed by atoms with Crippen LogP contribution in [0.25, 0.3) is 178 Å². The summed E-state index contributed by atoms with van der Waals surface area (Å²) in [5.41, 5.74) is 35.0. The summed E-state index contributed by atoms with van der Waals surface area (Å²) >= 11 is 3.78. The van der Waals surface area contributed by atoms with Crippen LogP contribution in [0.1, 0.15) is 54.0 Å². The molecule has 19 nitrogen and oxygen atoms in total. The van der Waals surface area contributed by atoms with Gasteiger partial charge >= 0.3 is 99.1 Å². The molecule has 31 rings (SSSR count). The average molecular weight is 1640 g/mol. The molecule has 0 saturated heterocycles. The van der Waals surface area contributed by atoms with Crippen LogP contribution in [0.3, 0.4) is 0 Å². The standard InChI is InChI=1S/C30H24N3.C22H18N5.C20H12N3S2.C16H12N3.C14H12N3O2/c1-20-10-3-5-12-22(20)24-14-7-16-26-28-18-9-19-29-27-17-8-15-25(23-13-6-4-11-21(23)2)32(27)30(31(24)26)33(28)29;1-23-14-8-3-5-10-16(14)26-20(23)18-12-7-13-19-21-24(2)15-9-4-6-11-17(15)27(21)22(26)25(18)19;1-3-10-16-12(6-1)22-18(24-16)14-8-5-9-15-19-23(20(22)21(14)15)13-7-2-4-11-17(13)25-19;1-3-10-17-12(6-1)14-8-5-9-15-13-7-2-4-11-18(13)16(17)19(14)15;1-8-6-18-12-10-4-3-5-11-13-16(9(2)7-19-13)14(15(8)12)17(10)11/h3-19,30H,1-2H3;3-13,22H,1-2H3;1-11,20H;1-11,16H;3-7,14H,1-2H3/q5*+3. The maximum absolute atomic E-state index is 5.72. The third-order valence-corrected chi connectivity index (χ3v) is 29.1. The van der Waals surface area contributed by atoms with Gasteiger partial charge in [-0.05, 0) is 151 Å². The predicted molar refractivity (Wildman–Crippen MR) is 457 cm³/mol. The first-order chi connectivity index (χ1) is 60.6. The number of pyridine rings is 9. The molecule has 0 radical (unpaired) electrons. The lowest BCUT2D eigenvalue weighted by atomic mass is 10.0. The fourth-order valence-corrected chi connectivity index (χ4v) is 24.1. The minimum absolute atomic E-state index is 0.0211. The van der Waals surface area contributed by atoms with Crippen molar-refractivity contribution in [2.45, 2.75) is 59.1 Å². The molecule has 15 aromatic heterocycles. The molecule has 6 aromatic carbocycles. The summed E-state index contributed by atoms with van der Waals surface area (Å²) in [6.07, 6.45) is 8.48. The summed E-state index contributed by atoms with van der Waals surface area (Å²) in [6.45, 7) is 8.52. The molecule has 580 valence electrons. The van der Waals surface area contributed by atoms with Crippen LogP contribution in [0.2, 0.25) is 0 Å². The molecule has 0 spiro atoms. The van der Waals surface area contributed by atoms with Crippen LogP contribution in [0.15, 0.2) is 343 Å². The van der Waals surface area contributed by atoms with E-state index in [0.717, 1.165) is 34.6 Å². The number of rotatable bonds is 2. The molecule has 10 aliphatic rings. The molecule has 0 amide bonds. The minimum atomic E-state index is 0.0211. The molecule has 0 fully saturated rings. The Balaban J connectivity index is 0.0000000817. The molecule has 0 saturated carbocycles. The van der Waals surface area contributed by atoms with Gasteiger partial charge in [-0.25, -0.2) is 9.13 Å². The van der Waals surface area contributed by atoms with E-state index < -0.39 is 0 Å². The Morgan fingerprint density at radius 3 is 1.03 bits per heavy atom. The number of imidazole rings is 2. The number of hydrogen-bond donors (Lipinski definition) is 0. The van der Waals surface area contributed by atoms with Gasteiger partial charge in [0.2, 0.25) is 33.8 Å². The molecular weight excluding hydrogens is 1560 g/mol. The number of oxazole rings is 2. The highest BCUT2D eigenvalue weighted by atomic mass is 32.1. The lowest BCUT2D eigenvalue weighted by Crippen LogP contribution is -2.65. The van der Waals surface area contributed by atoms with Gasteiger partial charge in [0.1, 0.15) is 9.40 Å². The van der Waals surface area contributed by atoms with Gasteiger partial charge in [-0.2, -0.15) is 0 Å². The summed E-state index contributed by atoms with van der Waals surface area (Å²) in [5, 5.41) is 2.70. The van der Waals surface area contributed by atoms with Gasteiger partial charge in [0.15, 0.2) is 47.0 Å². The Kier molecular flexibility index (Phi) is 14.1. The molecule has 21 aromatic rings. The first-order valence-electron chi connectivity index (χ1n) is 42.0. The SMILES string of the molecule is C[n+]1c2n(c3ccccc31)C1n3c([n+](C)c4ccccc43)-c3cccc-2[n+]31.Cc1ccccc1-c1cccc2[n+]1C1[n+]3c(-c4ccccc4C)cccc3-c3cccc-2[n+]31.Cc1coc2[n+]1C1[n+]3c-2cccc3-c2occ(C)[n+]21.c1cc2[n+]3c(c1)-c1sc4ccccc4[n+]1C3[n+]1c-2sc2ccccc21.c1cc[n+]2c(c1)-c1cccc3[n+]1C2[n+]1ccccc1-3. The predicted octanol–water partition coefficient (Wildman–Crippen LogP) is 12.5. The van der Waals surface area contributed by atoms with Crippen molar-refractivity contribution in [2.75, 3.05) is 0 Å². The van der Waals surface area contributed by atoms with E-state index in [4.69, 9.17) is 8.83 Å². The third-order valence-electron chi connectivity index (χ3n) is 26.8. The highest BCUT2D eigenvalue weighted by molar-refractivity contribution is 7.21. The zero-order chi connectivity index (χ0) is 81.2. The first kappa shape index (κ1) is 68.7. The zero-order valence-corrected chi connectivity index (χ0v) is 69.5. The minimum Gasteiger partial charge on any atom is -0.401 e. The summed E-state index contributed by atoms with van der Waals surface area (Å²) in [7, 11) is 4.34. The topological polar surface area (TPSA) is 94.3 Å². The Morgan fingerprint density at radius 2 is 0.577 bits per heavy atom. The molecule has 25 heterocycles. The van der Waals surface area contributed by atoms with Crippen LogP contribution >= 0.6 is 22.7 Å². The first-order valence-corrected chi connectivity index (χ1v) is 43.6. The molecular formula is C102H78N17O2S2+15. The number of thiazole rings is 2. The Morgan fingerprint density at radius 1 is 0.260 bits per heavy atom. The Hall–Kier alpha value is -15.2. The van der Waals surface area contributed by atoms with Crippen molar-refractivity contribution in [1.82, 2.24) is 9.13 Å². The van der Waals surface area contributed by atoms with E-state index in [9.17, 15) is 0 Å². The summed E-state index contributed by atoms with van der Waals surface area (Å²) in [4.78, 5) is 0. The van der Waals surface area contributed by atoms with Crippen LogP contribution in [-0.4, -0.2) is 9.13 Å². The fraction of sp³-hybridized carbons (Fsp3) is 0.108. The molecule has 21 heteroatoms. The van der Waals surface area contributed by atoms with Crippen molar-refractivity contribution < 1.29 is 77.3 Å². The normalized spacial score (nSPS) is 13.9. The maximum atomic E-state index is 5.72. The Bertz CT molecular complexity index is 7870. The number of para-hydroxylation sites is 6. The van der Waals surface area contributed by atoms with Crippen LogP contribution < -0.4 is 68.5 Å². The van der Waals surface area contributed by atoms with Crippen LogP contribution in [0.4, 0.5) is 0 Å². The molecule has 123 heavy (non-hydrogen) atoms. The number of benzene rings is 6. The van der Waals surface area contributed by atoms with E-state index in [0.29, 0.717) is 0 Å².